The van der Waals surface area contributed by atoms with Crippen LogP contribution in [0.2, 0.25) is 0 Å². The molecule has 0 amide bonds. The summed E-state index contributed by atoms with van der Waals surface area (Å²) in [5.74, 6) is -0.919. The van der Waals surface area contributed by atoms with Gasteiger partial charge in [0.2, 0.25) is 0 Å². The van der Waals surface area contributed by atoms with Crippen LogP contribution in [-0.4, -0.2) is 20.9 Å². The summed E-state index contributed by atoms with van der Waals surface area (Å²) in [6.07, 6.45) is 0.646. The first-order valence-electron chi connectivity index (χ1n) is 2.85. The fourth-order valence-corrected chi connectivity index (χ4v) is 1.37. The van der Waals surface area contributed by atoms with E-state index in [1.807, 2.05) is 0 Å². The molecule has 0 heterocycles. The molecule has 0 saturated heterocycles. The van der Waals surface area contributed by atoms with Gasteiger partial charge in [-0.3, -0.25) is 9.59 Å². The van der Waals surface area contributed by atoms with E-state index in [0.717, 1.165) is 0 Å². The van der Waals surface area contributed by atoms with Gasteiger partial charge >= 0.3 is 5.97 Å². The number of rotatable bonds is 5. The van der Waals surface area contributed by atoms with E-state index in [1.165, 1.54) is 0 Å². The van der Waals surface area contributed by atoms with Crippen molar-refractivity contribution in [3.63, 3.8) is 0 Å². The minimum atomic E-state index is -0.919. The van der Waals surface area contributed by atoms with E-state index < -0.39 is 12.0 Å². The molecule has 0 fully saturated rings. The molecule has 64 valence electrons. The molecule has 1 atom stereocenters. The summed E-state index contributed by atoms with van der Waals surface area (Å²) in [5.41, 5.74) is 0. The highest BCUT2D eigenvalue weighted by molar-refractivity contribution is 14.1. The van der Waals surface area contributed by atoms with Gasteiger partial charge in [-0.1, -0.05) is 0 Å². The minimum Gasteiger partial charge on any atom is -0.480 e. The van der Waals surface area contributed by atoms with Gasteiger partial charge < -0.3 is 5.11 Å². The Balaban J connectivity index is 3.70. The van der Waals surface area contributed by atoms with E-state index in [9.17, 15) is 9.59 Å². The molecule has 0 aromatic carbocycles. The largest absolute Gasteiger partial charge is 0.480 e. The number of aliphatic carboxylic acids is 1. The molecule has 0 radical (unpaired) electrons. The number of carbonyl (C=O) groups is 2. The Morgan fingerprint density at radius 3 is 2.36 bits per heavy atom. The molecule has 6 heteroatoms. The maximum Gasteiger partial charge on any atom is 0.321 e. The number of nitrogens with one attached hydrogen (secondary N) is 1. The monoisotopic (exact) mass is 383 g/mol. The van der Waals surface area contributed by atoms with Crippen molar-refractivity contribution in [2.24, 2.45) is 0 Å². The van der Waals surface area contributed by atoms with Crippen LogP contribution in [0.25, 0.3) is 0 Å². The van der Waals surface area contributed by atoms with Gasteiger partial charge in [-0.15, -0.1) is 0 Å². The smallest absolute Gasteiger partial charge is 0.321 e. The Morgan fingerprint density at radius 1 is 1.55 bits per heavy atom. The fraction of sp³-hybridized carbons (Fsp3) is 0.600. The van der Waals surface area contributed by atoms with Gasteiger partial charge in [0.15, 0.2) is 3.79 Å². The van der Waals surface area contributed by atoms with Crippen molar-refractivity contribution in [2.75, 3.05) is 0 Å². The average molecular weight is 383 g/mol. The molecule has 0 rings (SSSR count). The molecule has 0 spiro atoms. The Hall–Kier alpha value is 0.560. The lowest BCUT2D eigenvalue weighted by molar-refractivity contribution is -0.138. The van der Waals surface area contributed by atoms with Gasteiger partial charge in [0, 0.05) is 29.3 Å². The van der Waals surface area contributed by atoms with Gasteiger partial charge in [0.1, 0.15) is 6.04 Å². The minimum absolute atomic E-state index is 0.0134. The number of carbonyl (C=O) groups excluding carboxylic acids is 1. The Bertz CT molecular complexity index is 162. The highest BCUT2D eigenvalue weighted by Crippen LogP contribution is 2.03. The van der Waals surface area contributed by atoms with Crippen LogP contribution in [0.3, 0.4) is 0 Å². The van der Waals surface area contributed by atoms with Crippen molar-refractivity contribution in [1.82, 2.24) is 3.53 Å². The van der Waals surface area contributed by atoms with E-state index in [4.69, 9.17) is 5.11 Å². The van der Waals surface area contributed by atoms with Gasteiger partial charge in [0.05, 0.1) is 0 Å². The van der Waals surface area contributed by atoms with Crippen molar-refractivity contribution >= 4 is 55.2 Å². The Kier molecular flexibility index (Phi) is 6.43. The summed E-state index contributed by atoms with van der Waals surface area (Å²) in [6, 6.07) is -0.616. The van der Waals surface area contributed by atoms with Gasteiger partial charge in [0.25, 0.3) is 0 Å². The number of halogens is 2. The molecule has 0 unspecified atom stereocenters. The van der Waals surface area contributed by atoms with Crippen LogP contribution in [0.15, 0.2) is 0 Å². The molecule has 0 bridgehead atoms. The molecular formula is C5H7I2NO3. The number of carboxylic acids is 1. The summed E-state index contributed by atoms with van der Waals surface area (Å²) in [5, 5.41) is 8.51. The lowest BCUT2D eigenvalue weighted by Crippen LogP contribution is -2.30. The van der Waals surface area contributed by atoms with E-state index in [1.54, 1.807) is 45.5 Å². The normalized spacial score (nSPS) is 12.5. The molecule has 0 aromatic rings. The van der Waals surface area contributed by atoms with Gasteiger partial charge in [-0.05, 0) is 29.0 Å². The van der Waals surface area contributed by atoms with Crippen LogP contribution in [0.4, 0.5) is 0 Å². The first-order valence-corrected chi connectivity index (χ1v) is 5.01. The second kappa shape index (κ2) is 6.12. The maximum atomic E-state index is 10.5. The zero-order chi connectivity index (χ0) is 8.85. The second-order valence-electron chi connectivity index (χ2n) is 1.89. The van der Waals surface area contributed by atoms with E-state index >= 15 is 0 Å². The maximum absolute atomic E-state index is 10.5. The zero-order valence-electron chi connectivity index (χ0n) is 5.51. The first-order chi connectivity index (χ1) is 5.07. The van der Waals surface area contributed by atoms with E-state index in [0.29, 0.717) is 12.8 Å². The summed E-state index contributed by atoms with van der Waals surface area (Å²) in [4.78, 5) is 20.8. The number of carboxylic acid groups (broad SMARTS) is 1. The molecule has 0 aliphatic rings. The molecule has 11 heavy (non-hydrogen) atoms. The quantitative estimate of drug-likeness (QED) is 0.425. The predicted molar refractivity (Wildman–Crippen MR) is 56.8 cm³/mol. The van der Waals surface area contributed by atoms with Crippen molar-refractivity contribution in [1.29, 1.82) is 0 Å². The van der Waals surface area contributed by atoms with Crippen LogP contribution < -0.4 is 3.53 Å². The predicted octanol–water partition coefficient (Wildman–Crippen LogP) is 1.12. The van der Waals surface area contributed by atoms with Crippen molar-refractivity contribution in [2.45, 2.75) is 18.9 Å². The lowest BCUT2D eigenvalue weighted by atomic mass is 10.2. The van der Waals surface area contributed by atoms with Crippen molar-refractivity contribution < 1.29 is 14.7 Å². The van der Waals surface area contributed by atoms with Crippen molar-refractivity contribution in [3.05, 3.63) is 0 Å². The van der Waals surface area contributed by atoms with E-state index in [-0.39, 0.29) is 3.79 Å². The third-order valence-corrected chi connectivity index (χ3v) is 2.35. The zero-order valence-corrected chi connectivity index (χ0v) is 9.83. The van der Waals surface area contributed by atoms with Crippen LogP contribution in [0.1, 0.15) is 12.8 Å². The molecular weight excluding hydrogens is 376 g/mol. The average Bonchev–Trinajstić information content (AvgIpc) is 1.87. The van der Waals surface area contributed by atoms with Crippen molar-refractivity contribution in [3.8, 4) is 0 Å². The molecule has 0 aliphatic carbocycles. The highest BCUT2D eigenvalue weighted by atomic mass is 127. The van der Waals surface area contributed by atoms with Crippen LogP contribution >= 0.6 is 45.5 Å². The number of hydrogen-bond donors (Lipinski definition) is 2. The summed E-state index contributed by atoms with van der Waals surface area (Å²) in [7, 11) is 0. The lowest BCUT2D eigenvalue weighted by Gasteiger charge is -2.06. The molecule has 0 aromatic heterocycles. The van der Waals surface area contributed by atoms with E-state index in [2.05, 4.69) is 3.53 Å². The number of hydrogen-bond acceptors (Lipinski definition) is 3. The third kappa shape index (κ3) is 5.79. The summed E-state index contributed by atoms with van der Waals surface area (Å²) >= 11 is 3.42. The second-order valence-corrected chi connectivity index (χ2v) is 3.72. The summed E-state index contributed by atoms with van der Waals surface area (Å²) in [6.45, 7) is 0. The van der Waals surface area contributed by atoms with Gasteiger partial charge in [-0.2, -0.15) is 0 Å². The topological polar surface area (TPSA) is 66.4 Å². The third-order valence-electron chi connectivity index (χ3n) is 1.06. The van der Waals surface area contributed by atoms with Crippen LogP contribution in [0.5, 0.6) is 0 Å². The standard InChI is InChI=1S/C5H7I2NO3/c6-4(9)2-1-3(8-7)5(10)11/h3,8H,1-2H2,(H,10,11)/t3-/m1/s1. The Morgan fingerprint density at radius 2 is 2.09 bits per heavy atom. The fourth-order valence-electron chi connectivity index (χ4n) is 0.483. The van der Waals surface area contributed by atoms with Gasteiger partial charge in [-0.25, -0.2) is 3.53 Å². The first kappa shape index (κ1) is 11.6. The molecule has 0 aliphatic heterocycles. The molecule has 2 N–H and O–H groups in total. The molecule has 0 saturated carbocycles. The van der Waals surface area contributed by atoms with Crippen LogP contribution in [0, 0.1) is 0 Å². The van der Waals surface area contributed by atoms with Crippen LogP contribution in [-0.2, 0) is 9.59 Å². The molecule has 4 nitrogen and oxygen atoms in total. The SMILES string of the molecule is O=C(I)CC[C@@H](NI)C(=O)O. The summed E-state index contributed by atoms with van der Waals surface area (Å²) < 4.78 is 2.56. The Labute approximate surface area is 91.7 Å². The highest BCUT2D eigenvalue weighted by Gasteiger charge is 2.15.